The number of piperidine rings is 1. The second kappa shape index (κ2) is 7.94. The Morgan fingerprint density at radius 1 is 1.04 bits per heavy atom. The fourth-order valence-corrected chi connectivity index (χ4v) is 3.89. The highest BCUT2D eigenvalue weighted by Gasteiger charge is 2.22. The number of nitrogens with one attached hydrogen (secondary N) is 1. The quantitative estimate of drug-likeness (QED) is 0.711. The number of aliphatic hydroxyl groups excluding tert-OH is 1. The van der Waals surface area contributed by atoms with Crippen LogP contribution < -0.4 is 4.74 Å². The van der Waals surface area contributed by atoms with Gasteiger partial charge in [-0.2, -0.15) is 0 Å². The third-order valence-electron chi connectivity index (χ3n) is 5.31. The lowest BCUT2D eigenvalue weighted by Gasteiger charge is -2.33. The summed E-state index contributed by atoms with van der Waals surface area (Å²) in [6.07, 6.45) is 3.74. The zero-order valence-electron chi connectivity index (χ0n) is 15.0. The predicted molar refractivity (Wildman–Crippen MR) is 105 cm³/mol. The molecule has 4 rings (SSSR count). The predicted octanol–water partition coefficient (Wildman–Crippen LogP) is 3.79. The lowest BCUT2D eigenvalue weighted by molar-refractivity contribution is 0.0599. The molecule has 1 unspecified atom stereocenters. The van der Waals surface area contributed by atoms with Gasteiger partial charge in [0.25, 0.3) is 0 Å². The third-order valence-corrected chi connectivity index (χ3v) is 5.31. The Morgan fingerprint density at radius 3 is 2.65 bits per heavy atom. The Bertz CT molecular complexity index is 822. The standard InChI is InChI=1S/C22H26N2O2/c25-19(16-26-22-8-4-7-21-20(22)9-12-23-21)15-24-13-10-18(11-14-24)17-5-2-1-3-6-17/h1-9,12,18-19,23,25H,10-11,13-16H2. The van der Waals surface area contributed by atoms with Crippen molar-refractivity contribution in [3.8, 4) is 5.75 Å². The Hall–Kier alpha value is -2.30. The molecule has 26 heavy (non-hydrogen) atoms. The first kappa shape index (κ1) is 17.1. The van der Waals surface area contributed by atoms with Crippen LogP contribution >= 0.6 is 0 Å². The molecular formula is C22H26N2O2. The number of rotatable bonds is 6. The molecule has 1 saturated heterocycles. The van der Waals surface area contributed by atoms with E-state index in [-0.39, 0.29) is 0 Å². The highest BCUT2D eigenvalue weighted by atomic mass is 16.5. The van der Waals surface area contributed by atoms with E-state index in [1.807, 2.05) is 30.5 Å². The van der Waals surface area contributed by atoms with Crippen molar-refractivity contribution in [1.82, 2.24) is 9.88 Å². The summed E-state index contributed by atoms with van der Waals surface area (Å²) in [6, 6.07) is 18.7. The zero-order chi connectivity index (χ0) is 17.8. The molecule has 1 aliphatic heterocycles. The summed E-state index contributed by atoms with van der Waals surface area (Å²) < 4.78 is 5.87. The van der Waals surface area contributed by atoms with Gasteiger partial charge in [0.05, 0.1) is 0 Å². The van der Waals surface area contributed by atoms with E-state index in [1.54, 1.807) is 0 Å². The number of β-amino-alcohol motifs (C(OH)–C–C–N with tert-alkyl or cyclic N) is 1. The number of benzene rings is 2. The van der Waals surface area contributed by atoms with Crippen molar-refractivity contribution < 1.29 is 9.84 Å². The molecule has 4 nitrogen and oxygen atoms in total. The van der Waals surface area contributed by atoms with Crippen LogP contribution in [0, 0.1) is 0 Å². The van der Waals surface area contributed by atoms with Gasteiger partial charge in [0.15, 0.2) is 0 Å². The zero-order valence-corrected chi connectivity index (χ0v) is 15.0. The number of aromatic nitrogens is 1. The number of ether oxygens (including phenoxy) is 1. The summed E-state index contributed by atoms with van der Waals surface area (Å²) in [5.74, 6) is 1.47. The van der Waals surface area contributed by atoms with E-state index >= 15 is 0 Å². The van der Waals surface area contributed by atoms with Crippen LogP contribution in [0.3, 0.4) is 0 Å². The van der Waals surface area contributed by atoms with E-state index in [0.717, 1.165) is 42.6 Å². The van der Waals surface area contributed by atoms with Gasteiger partial charge in [-0.3, -0.25) is 0 Å². The minimum atomic E-state index is -0.475. The molecule has 0 spiro atoms. The monoisotopic (exact) mass is 350 g/mol. The molecule has 1 fully saturated rings. The first-order chi connectivity index (χ1) is 12.8. The molecule has 0 aliphatic carbocycles. The molecule has 3 aromatic rings. The molecule has 1 aliphatic rings. The van der Waals surface area contributed by atoms with E-state index in [2.05, 4.69) is 40.2 Å². The number of likely N-dealkylation sites (tertiary alicyclic amines) is 1. The summed E-state index contributed by atoms with van der Waals surface area (Å²) in [5.41, 5.74) is 2.50. The van der Waals surface area contributed by atoms with E-state index in [4.69, 9.17) is 4.74 Å². The average Bonchev–Trinajstić information content (AvgIpc) is 3.17. The number of aromatic amines is 1. The van der Waals surface area contributed by atoms with Crippen LogP contribution in [0.2, 0.25) is 0 Å². The van der Waals surface area contributed by atoms with Crippen LogP contribution in [0.25, 0.3) is 10.9 Å². The summed E-state index contributed by atoms with van der Waals surface area (Å²) in [4.78, 5) is 5.53. The van der Waals surface area contributed by atoms with Crippen molar-refractivity contribution in [2.75, 3.05) is 26.2 Å². The Morgan fingerprint density at radius 2 is 1.85 bits per heavy atom. The van der Waals surface area contributed by atoms with Gasteiger partial charge in [-0.25, -0.2) is 0 Å². The van der Waals surface area contributed by atoms with Gasteiger partial charge in [-0.1, -0.05) is 36.4 Å². The van der Waals surface area contributed by atoms with Gasteiger partial charge in [0.1, 0.15) is 18.5 Å². The SMILES string of the molecule is OC(COc1cccc2[nH]ccc12)CN1CCC(c2ccccc2)CC1. The van der Waals surface area contributed by atoms with Gasteiger partial charge >= 0.3 is 0 Å². The van der Waals surface area contributed by atoms with E-state index in [0.29, 0.717) is 19.1 Å². The lowest BCUT2D eigenvalue weighted by atomic mass is 9.89. The summed E-state index contributed by atoms with van der Waals surface area (Å²) >= 11 is 0. The molecule has 0 radical (unpaired) electrons. The topological polar surface area (TPSA) is 48.5 Å². The molecule has 2 heterocycles. The maximum atomic E-state index is 10.4. The van der Waals surface area contributed by atoms with Gasteiger partial charge in [-0.05, 0) is 55.6 Å². The fraction of sp³-hybridized carbons (Fsp3) is 0.364. The van der Waals surface area contributed by atoms with Crippen molar-refractivity contribution in [3.05, 3.63) is 66.4 Å². The molecule has 4 heteroatoms. The van der Waals surface area contributed by atoms with Crippen LogP contribution in [-0.4, -0.2) is 47.3 Å². The first-order valence-electron chi connectivity index (χ1n) is 9.44. The smallest absolute Gasteiger partial charge is 0.128 e. The minimum absolute atomic E-state index is 0.322. The number of hydrogen-bond acceptors (Lipinski definition) is 3. The number of nitrogens with zero attached hydrogens (tertiary/aromatic N) is 1. The van der Waals surface area contributed by atoms with Crippen LogP contribution in [0.15, 0.2) is 60.8 Å². The highest BCUT2D eigenvalue weighted by molar-refractivity contribution is 5.85. The van der Waals surface area contributed by atoms with E-state index in [1.165, 1.54) is 5.56 Å². The highest BCUT2D eigenvalue weighted by Crippen LogP contribution is 2.28. The van der Waals surface area contributed by atoms with E-state index in [9.17, 15) is 5.11 Å². The lowest BCUT2D eigenvalue weighted by Crippen LogP contribution is -2.40. The third kappa shape index (κ3) is 3.92. The molecule has 0 amide bonds. The molecule has 0 bridgehead atoms. The van der Waals surface area contributed by atoms with E-state index < -0.39 is 6.10 Å². The maximum Gasteiger partial charge on any atom is 0.128 e. The summed E-state index contributed by atoms with van der Waals surface area (Å²) in [6.45, 7) is 3.06. The Kier molecular flexibility index (Phi) is 5.23. The van der Waals surface area contributed by atoms with Crippen LogP contribution in [0.4, 0.5) is 0 Å². The maximum absolute atomic E-state index is 10.4. The van der Waals surface area contributed by atoms with Gasteiger partial charge in [0, 0.05) is 23.6 Å². The molecule has 2 N–H and O–H groups in total. The van der Waals surface area contributed by atoms with Crippen LogP contribution in [0.1, 0.15) is 24.3 Å². The molecule has 2 aromatic carbocycles. The number of H-pyrrole nitrogens is 1. The minimum Gasteiger partial charge on any atom is -0.490 e. The van der Waals surface area contributed by atoms with Crippen LogP contribution in [0.5, 0.6) is 5.75 Å². The number of fused-ring (bicyclic) bond motifs is 1. The second-order valence-corrected chi connectivity index (χ2v) is 7.15. The van der Waals surface area contributed by atoms with Gasteiger partial charge in [0.2, 0.25) is 0 Å². The normalized spacial score (nSPS) is 17.4. The largest absolute Gasteiger partial charge is 0.490 e. The second-order valence-electron chi connectivity index (χ2n) is 7.15. The van der Waals surface area contributed by atoms with Gasteiger partial charge < -0.3 is 19.7 Å². The van der Waals surface area contributed by atoms with Crippen molar-refractivity contribution in [1.29, 1.82) is 0 Å². The Labute approximate surface area is 154 Å². The summed E-state index contributed by atoms with van der Waals surface area (Å²) in [5, 5.41) is 11.5. The van der Waals surface area contributed by atoms with Gasteiger partial charge in [-0.15, -0.1) is 0 Å². The molecule has 0 saturated carbocycles. The molecular weight excluding hydrogens is 324 g/mol. The van der Waals surface area contributed by atoms with Crippen LogP contribution in [-0.2, 0) is 0 Å². The first-order valence-corrected chi connectivity index (χ1v) is 9.44. The number of hydrogen-bond donors (Lipinski definition) is 2. The molecule has 136 valence electrons. The Balaban J connectivity index is 1.25. The van der Waals surface area contributed by atoms with Crippen molar-refractivity contribution in [2.24, 2.45) is 0 Å². The molecule has 1 atom stereocenters. The average molecular weight is 350 g/mol. The molecule has 1 aromatic heterocycles. The van der Waals surface area contributed by atoms with Crippen molar-refractivity contribution in [2.45, 2.75) is 24.9 Å². The number of aliphatic hydroxyl groups is 1. The van der Waals surface area contributed by atoms with Crippen molar-refractivity contribution >= 4 is 10.9 Å². The fourth-order valence-electron chi connectivity index (χ4n) is 3.89. The van der Waals surface area contributed by atoms with Crippen molar-refractivity contribution in [3.63, 3.8) is 0 Å². The summed E-state index contributed by atoms with van der Waals surface area (Å²) in [7, 11) is 0.